The average Bonchev–Trinajstić information content (AvgIpc) is 3.12. The Morgan fingerprint density at radius 1 is 1.29 bits per heavy atom. The van der Waals surface area contributed by atoms with Crippen LogP contribution in [-0.4, -0.2) is 32.8 Å². The quantitative estimate of drug-likeness (QED) is 0.787. The molecule has 0 fully saturated rings. The summed E-state index contributed by atoms with van der Waals surface area (Å²) < 4.78 is 6.94. The van der Waals surface area contributed by atoms with Gasteiger partial charge in [0, 0.05) is 23.5 Å². The highest BCUT2D eigenvalue weighted by Crippen LogP contribution is 2.31. The fourth-order valence-electron chi connectivity index (χ4n) is 2.09. The molecule has 0 unspecified atom stereocenters. The van der Waals surface area contributed by atoms with E-state index in [-0.39, 0.29) is 11.6 Å². The van der Waals surface area contributed by atoms with Gasteiger partial charge in [0.25, 0.3) is 5.91 Å². The molecule has 0 spiro atoms. The summed E-state index contributed by atoms with van der Waals surface area (Å²) in [5.74, 6) is 0.658. The van der Waals surface area contributed by atoms with Crippen LogP contribution in [0, 0.1) is 6.92 Å². The number of nitrogens with zero attached hydrogens (tertiary/aromatic N) is 4. The molecular weight excluding hydrogens is 330 g/mol. The van der Waals surface area contributed by atoms with E-state index in [2.05, 4.69) is 20.5 Å². The molecule has 1 N–H and O–H groups in total. The standard InChI is InChI=1S/C16H14ClN5O2/c1-10-7-13(14(24-2)8-11(10)17)19-16(23)12-3-4-15(21-20-12)22-6-5-18-9-22/h3-9H,1-2H3,(H,19,23). The van der Waals surface area contributed by atoms with Crippen LogP contribution in [0.5, 0.6) is 5.75 Å². The molecule has 2 heterocycles. The molecule has 0 saturated carbocycles. The van der Waals surface area contributed by atoms with Crippen molar-refractivity contribution < 1.29 is 9.53 Å². The molecule has 122 valence electrons. The Labute approximate surface area is 143 Å². The number of aromatic nitrogens is 4. The smallest absolute Gasteiger partial charge is 0.276 e. The summed E-state index contributed by atoms with van der Waals surface area (Å²) in [7, 11) is 1.51. The van der Waals surface area contributed by atoms with Gasteiger partial charge in [-0.05, 0) is 30.7 Å². The summed E-state index contributed by atoms with van der Waals surface area (Å²) in [6, 6.07) is 6.67. The van der Waals surface area contributed by atoms with Crippen LogP contribution in [0.25, 0.3) is 5.82 Å². The Morgan fingerprint density at radius 2 is 2.12 bits per heavy atom. The van der Waals surface area contributed by atoms with Crippen LogP contribution in [0.15, 0.2) is 43.0 Å². The Kier molecular flexibility index (Phi) is 4.43. The number of carbonyl (C=O) groups is 1. The van der Waals surface area contributed by atoms with Crippen LogP contribution in [0.4, 0.5) is 5.69 Å². The molecule has 7 nitrogen and oxygen atoms in total. The maximum absolute atomic E-state index is 12.4. The third-order valence-electron chi connectivity index (χ3n) is 3.38. The van der Waals surface area contributed by atoms with Gasteiger partial charge >= 0.3 is 0 Å². The summed E-state index contributed by atoms with van der Waals surface area (Å²) in [6.07, 6.45) is 4.98. The number of amides is 1. The van der Waals surface area contributed by atoms with Gasteiger partial charge in [0.05, 0.1) is 12.8 Å². The van der Waals surface area contributed by atoms with Crippen molar-refractivity contribution in [2.75, 3.05) is 12.4 Å². The number of carbonyl (C=O) groups excluding carboxylic acids is 1. The number of nitrogens with one attached hydrogen (secondary N) is 1. The van der Waals surface area contributed by atoms with Crippen LogP contribution in [0.3, 0.4) is 0 Å². The van der Waals surface area contributed by atoms with Gasteiger partial charge in [-0.1, -0.05) is 11.6 Å². The fourth-order valence-corrected chi connectivity index (χ4v) is 2.25. The summed E-state index contributed by atoms with van der Waals surface area (Å²) >= 11 is 6.06. The van der Waals surface area contributed by atoms with E-state index in [0.717, 1.165) is 5.56 Å². The Bertz CT molecular complexity index is 863. The molecule has 8 heteroatoms. The highest BCUT2D eigenvalue weighted by Gasteiger charge is 2.13. The van der Waals surface area contributed by atoms with Gasteiger partial charge in [-0.3, -0.25) is 9.36 Å². The van der Waals surface area contributed by atoms with Gasteiger partial charge in [-0.2, -0.15) is 0 Å². The number of benzene rings is 1. The minimum absolute atomic E-state index is 0.188. The second kappa shape index (κ2) is 6.67. The van der Waals surface area contributed by atoms with Crippen LogP contribution >= 0.6 is 11.6 Å². The van der Waals surface area contributed by atoms with Crippen LogP contribution in [0.2, 0.25) is 5.02 Å². The average molecular weight is 344 g/mol. The molecule has 0 aliphatic heterocycles. The first-order valence-electron chi connectivity index (χ1n) is 7.06. The molecule has 2 aromatic heterocycles. The summed E-state index contributed by atoms with van der Waals surface area (Å²) in [6.45, 7) is 1.84. The predicted octanol–water partition coefficient (Wildman–Crippen LogP) is 2.89. The van der Waals surface area contributed by atoms with E-state index in [1.807, 2.05) is 6.92 Å². The van der Waals surface area contributed by atoms with Gasteiger partial charge in [0.15, 0.2) is 11.5 Å². The molecule has 0 aliphatic rings. The van der Waals surface area contributed by atoms with Crippen molar-refractivity contribution in [1.82, 2.24) is 19.7 Å². The van der Waals surface area contributed by atoms with E-state index in [9.17, 15) is 4.79 Å². The van der Waals surface area contributed by atoms with Crippen LogP contribution in [-0.2, 0) is 0 Å². The van der Waals surface area contributed by atoms with Crippen molar-refractivity contribution in [2.45, 2.75) is 6.92 Å². The minimum Gasteiger partial charge on any atom is -0.495 e. The van der Waals surface area contributed by atoms with E-state index in [1.165, 1.54) is 7.11 Å². The second-order valence-electron chi connectivity index (χ2n) is 5.00. The molecule has 1 amide bonds. The Balaban J connectivity index is 1.81. The number of hydrogen-bond donors (Lipinski definition) is 1. The number of rotatable bonds is 4. The first kappa shape index (κ1) is 15.9. The third kappa shape index (κ3) is 3.21. The highest BCUT2D eigenvalue weighted by atomic mass is 35.5. The molecule has 0 radical (unpaired) electrons. The van der Waals surface area contributed by atoms with Crippen molar-refractivity contribution in [1.29, 1.82) is 0 Å². The van der Waals surface area contributed by atoms with Crippen molar-refractivity contribution in [3.63, 3.8) is 0 Å². The van der Waals surface area contributed by atoms with Crippen molar-refractivity contribution in [3.8, 4) is 11.6 Å². The van der Waals surface area contributed by atoms with Crippen LogP contribution in [0.1, 0.15) is 16.1 Å². The lowest BCUT2D eigenvalue weighted by Crippen LogP contribution is -2.15. The second-order valence-corrected chi connectivity index (χ2v) is 5.41. The number of anilines is 1. The molecule has 0 bridgehead atoms. The molecule has 0 aliphatic carbocycles. The van der Waals surface area contributed by atoms with Crippen LogP contribution < -0.4 is 10.1 Å². The van der Waals surface area contributed by atoms with E-state index in [0.29, 0.717) is 22.3 Å². The molecule has 0 atom stereocenters. The third-order valence-corrected chi connectivity index (χ3v) is 3.79. The zero-order valence-corrected chi connectivity index (χ0v) is 13.8. The summed E-state index contributed by atoms with van der Waals surface area (Å²) in [5, 5.41) is 11.3. The van der Waals surface area contributed by atoms with Gasteiger partial charge in [-0.15, -0.1) is 10.2 Å². The van der Waals surface area contributed by atoms with Crippen molar-refractivity contribution in [3.05, 3.63) is 59.3 Å². The van der Waals surface area contributed by atoms with E-state index >= 15 is 0 Å². The summed E-state index contributed by atoms with van der Waals surface area (Å²) in [5.41, 5.74) is 1.53. The first-order chi connectivity index (χ1) is 11.6. The molecule has 1 aromatic carbocycles. The number of methoxy groups -OCH3 is 1. The topological polar surface area (TPSA) is 81.9 Å². The maximum atomic E-state index is 12.4. The molecule has 3 rings (SSSR count). The predicted molar refractivity (Wildman–Crippen MR) is 89.8 cm³/mol. The molecule has 0 saturated heterocycles. The summed E-state index contributed by atoms with van der Waals surface area (Å²) in [4.78, 5) is 16.3. The molecule has 24 heavy (non-hydrogen) atoms. The SMILES string of the molecule is COc1cc(Cl)c(C)cc1NC(=O)c1ccc(-n2ccnc2)nn1. The number of imidazole rings is 1. The van der Waals surface area contributed by atoms with Gasteiger partial charge in [0.2, 0.25) is 0 Å². The van der Waals surface area contributed by atoms with Gasteiger partial charge in [0.1, 0.15) is 12.1 Å². The van der Waals surface area contributed by atoms with Gasteiger partial charge < -0.3 is 10.1 Å². The normalized spacial score (nSPS) is 10.5. The van der Waals surface area contributed by atoms with E-state index < -0.39 is 0 Å². The largest absolute Gasteiger partial charge is 0.495 e. The molecular formula is C16H14ClN5O2. The van der Waals surface area contributed by atoms with E-state index in [1.54, 1.807) is 47.6 Å². The molecule has 3 aromatic rings. The fraction of sp³-hybridized carbons (Fsp3) is 0.125. The Morgan fingerprint density at radius 3 is 2.75 bits per heavy atom. The number of hydrogen-bond acceptors (Lipinski definition) is 5. The van der Waals surface area contributed by atoms with Gasteiger partial charge in [-0.25, -0.2) is 4.98 Å². The maximum Gasteiger partial charge on any atom is 0.276 e. The number of aryl methyl sites for hydroxylation is 1. The number of halogens is 1. The zero-order chi connectivity index (χ0) is 17.1. The number of ether oxygens (including phenoxy) is 1. The lowest BCUT2D eigenvalue weighted by molar-refractivity contribution is 0.102. The first-order valence-corrected chi connectivity index (χ1v) is 7.44. The van der Waals surface area contributed by atoms with E-state index in [4.69, 9.17) is 16.3 Å². The lowest BCUT2D eigenvalue weighted by atomic mass is 10.2. The lowest BCUT2D eigenvalue weighted by Gasteiger charge is -2.12. The van der Waals surface area contributed by atoms with Crippen molar-refractivity contribution in [2.24, 2.45) is 0 Å². The van der Waals surface area contributed by atoms with Crippen molar-refractivity contribution >= 4 is 23.2 Å². The minimum atomic E-state index is -0.389. The monoisotopic (exact) mass is 343 g/mol. The Hall–Kier alpha value is -2.93. The highest BCUT2D eigenvalue weighted by molar-refractivity contribution is 6.31. The zero-order valence-electron chi connectivity index (χ0n) is 13.0.